The van der Waals surface area contributed by atoms with Crippen molar-refractivity contribution in [1.82, 2.24) is 4.98 Å². The molecule has 1 aliphatic carbocycles. The zero-order valence-corrected chi connectivity index (χ0v) is 12.9. The summed E-state index contributed by atoms with van der Waals surface area (Å²) in [5.41, 5.74) is 7.02. The Kier molecular flexibility index (Phi) is 4.73. The first kappa shape index (κ1) is 14.9. The summed E-state index contributed by atoms with van der Waals surface area (Å²) in [6.07, 6.45) is 5.21. The number of nitrogen functional groups attached to an aromatic ring is 1. The Balaban J connectivity index is 1.93. The van der Waals surface area contributed by atoms with Gasteiger partial charge in [0.1, 0.15) is 5.82 Å². The molecule has 1 aromatic heterocycles. The molecule has 1 saturated carbocycles. The van der Waals surface area contributed by atoms with E-state index in [9.17, 15) is 0 Å². The highest BCUT2D eigenvalue weighted by atomic mass is 16.5. The zero-order chi connectivity index (χ0) is 14.6. The highest BCUT2D eigenvalue weighted by molar-refractivity contribution is 5.53. The van der Waals surface area contributed by atoms with Crippen LogP contribution < -0.4 is 15.8 Å². The van der Waals surface area contributed by atoms with Crippen molar-refractivity contribution in [2.75, 3.05) is 24.2 Å². The first-order valence-corrected chi connectivity index (χ1v) is 7.68. The molecule has 112 valence electrons. The Labute approximate surface area is 122 Å². The Hall–Kier alpha value is -1.45. The van der Waals surface area contributed by atoms with Crippen molar-refractivity contribution < 1.29 is 4.74 Å². The van der Waals surface area contributed by atoms with Gasteiger partial charge in [-0.25, -0.2) is 0 Å². The SMILES string of the molecule is CCCC1(CNc2ccc(N)c(OCC(C)C)n2)CC1. The topological polar surface area (TPSA) is 60.2 Å². The van der Waals surface area contributed by atoms with E-state index in [1.807, 2.05) is 12.1 Å². The molecule has 0 aliphatic heterocycles. The van der Waals surface area contributed by atoms with Crippen LogP contribution in [-0.4, -0.2) is 18.1 Å². The van der Waals surface area contributed by atoms with Crippen LogP contribution in [0.1, 0.15) is 46.5 Å². The van der Waals surface area contributed by atoms with Gasteiger partial charge in [-0.15, -0.1) is 0 Å². The largest absolute Gasteiger partial charge is 0.476 e. The molecular weight excluding hydrogens is 250 g/mol. The van der Waals surface area contributed by atoms with Gasteiger partial charge >= 0.3 is 0 Å². The molecule has 20 heavy (non-hydrogen) atoms. The number of nitrogens with two attached hydrogens (primary N) is 1. The summed E-state index contributed by atoms with van der Waals surface area (Å²) >= 11 is 0. The fraction of sp³-hybridized carbons (Fsp3) is 0.688. The maximum absolute atomic E-state index is 5.90. The fourth-order valence-corrected chi connectivity index (χ4v) is 2.41. The first-order chi connectivity index (χ1) is 9.54. The molecule has 0 saturated heterocycles. The lowest BCUT2D eigenvalue weighted by molar-refractivity contribution is 0.263. The first-order valence-electron chi connectivity index (χ1n) is 7.68. The van der Waals surface area contributed by atoms with E-state index in [1.54, 1.807) is 0 Å². The van der Waals surface area contributed by atoms with Crippen molar-refractivity contribution in [2.45, 2.75) is 46.5 Å². The lowest BCUT2D eigenvalue weighted by Crippen LogP contribution is -2.16. The number of ether oxygens (including phenoxy) is 1. The third-order valence-electron chi connectivity index (χ3n) is 3.83. The number of anilines is 2. The number of pyridine rings is 1. The Morgan fingerprint density at radius 1 is 1.40 bits per heavy atom. The minimum atomic E-state index is 0.465. The van der Waals surface area contributed by atoms with E-state index < -0.39 is 0 Å². The summed E-state index contributed by atoms with van der Waals surface area (Å²) in [6, 6.07) is 3.80. The number of nitrogens with zero attached hydrogens (tertiary/aromatic N) is 1. The van der Waals surface area contributed by atoms with Gasteiger partial charge in [0.15, 0.2) is 0 Å². The molecule has 0 unspecified atom stereocenters. The highest BCUT2D eigenvalue weighted by Crippen LogP contribution is 2.49. The molecule has 1 fully saturated rings. The van der Waals surface area contributed by atoms with Crippen LogP contribution in [0.3, 0.4) is 0 Å². The van der Waals surface area contributed by atoms with E-state index in [1.165, 1.54) is 25.7 Å². The van der Waals surface area contributed by atoms with Gasteiger partial charge in [-0.3, -0.25) is 0 Å². The standard InChI is InChI=1S/C16H27N3O/c1-4-7-16(8-9-16)11-18-14-6-5-13(17)15(19-14)20-10-12(2)3/h5-6,12H,4,7-11,17H2,1-3H3,(H,18,19). The number of aromatic nitrogens is 1. The molecule has 2 rings (SSSR count). The summed E-state index contributed by atoms with van der Waals surface area (Å²) in [5, 5.41) is 3.44. The maximum atomic E-state index is 5.90. The van der Waals surface area contributed by atoms with Crippen molar-refractivity contribution in [3.05, 3.63) is 12.1 Å². The van der Waals surface area contributed by atoms with Crippen LogP contribution in [0.4, 0.5) is 11.5 Å². The quantitative estimate of drug-likeness (QED) is 0.760. The molecule has 0 bridgehead atoms. The highest BCUT2D eigenvalue weighted by Gasteiger charge is 2.41. The molecule has 0 atom stereocenters. The molecule has 0 spiro atoms. The summed E-state index contributed by atoms with van der Waals surface area (Å²) < 4.78 is 5.66. The van der Waals surface area contributed by atoms with Crippen LogP contribution in [0.5, 0.6) is 5.88 Å². The van der Waals surface area contributed by atoms with E-state index in [-0.39, 0.29) is 0 Å². The number of rotatable bonds is 8. The monoisotopic (exact) mass is 277 g/mol. The lowest BCUT2D eigenvalue weighted by atomic mass is 10.0. The van der Waals surface area contributed by atoms with Crippen LogP contribution in [0.15, 0.2) is 12.1 Å². The molecule has 0 aromatic carbocycles. The summed E-state index contributed by atoms with van der Waals surface area (Å²) in [5.74, 6) is 1.87. The van der Waals surface area contributed by atoms with Gasteiger partial charge in [0.05, 0.1) is 12.3 Å². The zero-order valence-electron chi connectivity index (χ0n) is 12.9. The van der Waals surface area contributed by atoms with Crippen LogP contribution in [0.2, 0.25) is 0 Å². The summed E-state index contributed by atoms with van der Waals surface area (Å²) in [4.78, 5) is 4.48. The number of hydrogen-bond donors (Lipinski definition) is 2. The Morgan fingerprint density at radius 3 is 2.75 bits per heavy atom. The van der Waals surface area contributed by atoms with Crippen LogP contribution in [0.25, 0.3) is 0 Å². The molecular formula is C16H27N3O. The van der Waals surface area contributed by atoms with E-state index >= 15 is 0 Å². The van der Waals surface area contributed by atoms with Gasteiger partial charge in [-0.2, -0.15) is 4.98 Å². The van der Waals surface area contributed by atoms with E-state index in [0.717, 1.165) is 12.4 Å². The van der Waals surface area contributed by atoms with Crippen molar-refractivity contribution in [2.24, 2.45) is 11.3 Å². The second kappa shape index (κ2) is 6.33. The second-order valence-electron chi connectivity index (χ2n) is 6.40. The third-order valence-corrected chi connectivity index (χ3v) is 3.83. The van der Waals surface area contributed by atoms with Crippen LogP contribution in [-0.2, 0) is 0 Å². The summed E-state index contributed by atoms with van der Waals surface area (Å²) in [7, 11) is 0. The lowest BCUT2D eigenvalue weighted by Gasteiger charge is -2.16. The third kappa shape index (κ3) is 4.02. The fourth-order valence-electron chi connectivity index (χ4n) is 2.41. The maximum Gasteiger partial charge on any atom is 0.239 e. The van der Waals surface area contributed by atoms with Gasteiger partial charge < -0.3 is 15.8 Å². The predicted octanol–water partition coefficient (Wildman–Crippen LogP) is 3.69. The molecule has 3 N–H and O–H groups in total. The van der Waals surface area contributed by atoms with Crippen LogP contribution >= 0.6 is 0 Å². The molecule has 4 nitrogen and oxygen atoms in total. The number of nitrogens with one attached hydrogen (secondary N) is 1. The number of hydrogen-bond acceptors (Lipinski definition) is 4. The molecule has 4 heteroatoms. The predicted molar refractivity (Wildman–Crippen MR) is 84.0 cm³/mol. The smallest absolute Gasteiger partial charge is 0.239 e. The van der Waals surface area contributed by atoms with E-state index in [0.29, 0.717) is 29.5 Å². The van der Waals surface area contributed by atoms with Gasteiger partial charge in [0.25, 0.3) is 0 Å². The van der Waals surface area contributed by atoms with Crippen LogP contribution in [0, 0.1) is 11.3 Å². The molecule has 1 heterocycles. The minimum Gasteiger partial charge on any atom is -0.476 e. The van der Waals surface area contributed by atoms with E-state index in [2.05, 4.69) is 31.1 Å². The van der Waals surface area contributed by atoms with Gasteiger partial charge in [-0.05, 0) is 42.7 Å². The molecule has 0 amide bonds. The second-order valence-corrected chi connectivity index (χ2v) is 6.40. The van der Waals surface area contributed by atoms with Gasteiger partial charge in [0, 0.05) is 6.54 Å². The normalized spacial score (nSPS) is 16.2. The summed E-state index contributed by atoms with van der Waals surface area (Å²) in [6.45, 7) is 8.11. The van der Waals surface area contributed by atoms with Gasteiger partial charge in [-0.1, -0.05) is 27.2 Å². The molecule has 1 aromatic rings. The minimum absolute atomic E-state index is 0.465. The van der Waals surface area contributed by atoms with Crippen molar-refractivity contribution in [1.29, 1.82) is 0 Å². The Bertz CT molecular complexity index is 441. The van der Waals surface area contributed by atoms with E-state index in [4.69, 9.17) is 10.5 Å². The Morgan fingerprint density at radius 2 is 2.15 bits per heavy atom. The van der Waals surface area contributed by atoms with Crippen molar-refractivity contribution >= 4 is 11.5 Å². The van der Waals surface area contributed by atoms with Crippen molar-refractivity contribution in [3.63, 3.8) is 0 Å². The van der Waals surface area contributed by atoms with Gasteiger partial charge in [0.2, 0.25) is 5.88 Å². The molecule has 0 radical (unpaired) electrons. The van der Waals surface area contributed by atoms with Crippen molar-refractivity contribution in [3.8, 4) is 5.88 Å². The average molecular weight is 277 g/mol. The molecule has 1 aliphatic rings. The average Bonchev–Trinajstić information content (AvgIpc) is 3.17.